The lowest BCUT2D eigenvalue weighted by Crippen LogP contribution is -2.44. The summed E-state index contributed by atoms with van der Waals surface area (Å²) in [6.45, 7) is 11.1. The number of hydrogen-bond donors (Lipinski definition) is 6. The minimum Gasteiger partial charge on any atom is -0.480 e. The minimum atomic E-state index is -2.21. The van der Waals surface area contributed by atoms with Gasteiger partial charge in [-0.05, 0) is 91.2 Å². The van der Waals surface area contributed by atoms with Crippen LogP contribution in [0.1, 0.15) is 95.4 Å². The molecule has 2 unspecified atom stereocenters. The first-order chi connectivity index (χ1) is 26.0. The molecule has 2 aromatic carbocycles. The maximum Gasteiger partial charge on any atom is 0.408 e. The highest BCUT2D eigenvalue weighted by atomic mass is 32.1. The Morgan fingerprint density at radius 1 is 0.655 bits per heavy atom. The van der Waals surface area contributed by atoms with Crippen molar-refractivity contribution in [2.24, 2.45) is 5.73 Å². The lowest BCUT2D eigenvalue weighted by molar-refractivity contribution is -0.139. The standard InChI is InChI=1S/C19H29N3O5.C19H28N2O6.H2S.H2/c1-19(2,3)27-17(24)21-12-8-7-11-15(16(20)23)22-18(25)26-13-14-9-5-4-6-10-14;1-19(2,3)27-17(24)20-12-8-7-11-15(16(22)23)21-18(25)26-13-14-9-5-4-6-10-14;;/h4-6,9-10,15H,7-8,11-13H2,1-3H3,(H2,20,23)(H,21,24)(H,22,25);4-6,9-10,15H,7-8,11-13H2,1-3H3,(H,20,24)(H,21,25)(H,22,23);1H2;1H/i2*15D;;1+2. The zero-order chi connectivity index (χ0) is 42.4. The van der Waals surface area contributed by atoms with Gasteiger partial charge in [0, 0.05) is 14.5 Å². The molecule has 2 rings (SSSR count). The van der Waals surface area contributed by atoms with Crippen LogP contribution in [0.25, 0.3) is 0 Å². The molecule has 16 nitrogen and oxygen atoms in total. The number of primary amides is 1. The summed E-state index contributed by atoms with van der Waals surface area (Å²) in [5, 5.41) is 18.7. The number of carbonyl (C=O) groups excluding carboxylic acids is 5. The molecule has 0 saturated heterocycles. The Morgan fingerprint density at radius 2 is 1.02 bits per heavy atom. The summed E-state index contributed by atoms with van der Waals surface area (Å²) in [7, 11) is 0. The van der Waals surface area contributed by atoms with Crippen molar-refractivity contribution in [1.29, 1.82) is 0 Å². The number of nitrogens with one attached hydrogen (secondary N) is 4. The normalized spacial score (nSPS) is 13.4. The van der Waals surface area contributed by atoms with Gasteiger partial charge < -0.3 is 51.1 Å². The number of hydrogen-bond acceptors (Lipinski definition) is 10. The van der Waals surface area contributed by atoms with Gasteiger partial charge in [-0.2, -0.15) is 13.5 Å². The second kappa shape index (κ2) is 26.6. The van der Waals surface area contributed by atoms with E-state index in [4.69, 9.17) is 27.4 Å². The van der Waals surface area contributed by atoms with Gasteiger partial charge in [-0.1, -0.05) is 60.7 Å². The highest BCUT2D eigenvalue weighted by Gasteiger charge is 2.21. The number of alkyl carbamates (subject to hydrolysis) is 4. The van der Waals surface area contributed by atoms with E-state index in [1.807, 2.05) is 12.1 Å². The monoisotopic (exact) mass is 799 g/mol. The number of aliphatic carboxylic acids is 1. The van der Waals surface area contributed by atoms with Gasteiger partial charge in [-0.25, -0.2) is 24.0 Å². The Labute approximate surface area is 334 Å². The molecule has 0 heterocycles. The molecule has 7 N–H and O–H groups in total. The fourth-order valence-electron chi connectivity index (χ4n) is 4.10. The number of rotatable bonds is 18. The van der Waals surface area contributed by atoms with E-state index in [2.05, 4.69) is 21.3 Å². The molecule has 0 bridgehead atoms. The van der Waals surface area contributed by atoms with Gasteiger partial charge in [0.1, 0.15) is 36.5 Å². The number of nitrogens with two attached hydrogens (primary N) is 1. The van der Waals surface area contributed by atoms with Crippen molar-refractivity contribution < 1.29 is 57.0 Å². The number of ether oxygens (including phenoxy) is 4. The van der Waals surface area contributed by atoms with Gasteiger partial charge in [-0.15, -0.1) is 0 Å². The smallest absolute Gasteiger partial charge is 0.408 e. The van der Waals surface area contributed by atoms with Crippen LogP contribution in [0, 0.1) is 0 Å². The third kappa shape index (κ3) is 27.1. The fourth-order valence-corrected chi connectivity index (χ4v) is 4.10. The van der Waals surface area contributed by atoms with Crippen molar-refractivity contribution in [3.05, 3.63) is 71.8 Å². The molecule has 0 spiro atoms. The summed E-state index contributed by atoms with van der Waals surface area (Å²) < 4.78 is 36.3. The van der Waals surface area contributed by atoms with Crippen molar-refractivity contribution in [2.45, 2.75) is 117 Å². The number of amides is 5. The van der Waals surface area contributed by atoms with Crippen molar-refractivity contribution in [2.75, 3.05) is 13.1 Å². The Kier molecular flexibility index (Phi) is 22.2. The molecule has 2 atom stereocenters. The van der Waals surface area contributed by atoms with Crippen LogP contribution < -0.4 is 27.0 Å². The average molecular weight is 800 g/mol. The molecule has 2 aromatic rings. The molecule has 0 fully saturated rings. The number of carbonyl (C=O) groups is 6. The molecule has 5 amide bonds. The maximum atomic E-state index is 11.9. The lowest BCUT2D eigenvalue weighted by atomic mass is 10.1. The number of carboxylic acids is 1. The summed E-state index contributed by atoms with van der Waals surface area (Å²) >= 11 is 0. The van der Waals surface area contributed by atoms with Gasteiger partial charge in [0.15, 0.2) is 0 Å². The largest absolute Gasteiger partial charge is 0.480 e. The van der Waals surface area contributed by atoms with Gasteiger partial charge in [0.25, 0.3) is 0 Å². The second-order valence-corrected chi connectivity index (χ2v) is 13.8. The highest BCUT2D eigenvalue weighted by molar-refractivity contribution is 7.59. The molecular weight excluding hydrogens is 735 g/mol. The maximum absolute atomic E-state index is 11.9. The second-order valence-electron chi connectivity index (χ2n) is 13.8. The van der Waals surface area contributed by atoms with E-state index in [-0.39, 0.29) is 47.5 Å². The van der Waals surface area contributed by atoms with Crippen LogP contribution in [0.15, 0.2) is 60.7 Å². The van der Waals surface area contributed by atoms with Gasteiger partial charge in [0.05, 0.1) is 2.74 Å². The Bertz CT molecular complexity index is 1450. The highest BCUT2D eigenvalue weighted by Crippen LogP contribution is 2.09. The van der Waals surface area contributed by atoms with Gasteiger partial charge >= 0.3 is 30.3 Å². The molecule has 0 radical (unpaired) electrons. The quantitative estimate of drug-likeness (QED) is 0.0770. The predicted molar refractivity (Wildman–Crippen MR) is 213 cm³/mol. The van der Waals surface area contributed by atoms with E-state index >= 15 is 0 Å². The Morgan fingerprint density at radius 3 is 1.36 bits per heavy atom. The first-order valence-corrected chi connectivity index (χ1v) is 17.5. The van der Waals surface area contributed by atoms with Gasteiger partial charge in [0.2, 0.25) is 5.91 Å². The molecule has 0 aliphatic rings. The van der Waals surface area contributed by atoms with Crippen molar-refractivity contribution in [3.8, 4) is 0 Å². The summed E-state index contributed by atoms with van der Waals surface area (Å²) in [5.74, 6) is -2.46. The minimum absolute atomic E-state index is 0. The number of benzene rings is 2. The van der Waals surface area contributed by atoms with Crippen molar-refractivity contribution in [3.63, 3.8) is 0 Å². The lowest BCUT2D eigenvalue weighted by Gasteiger charge is -2.19. The first-order valence-electron chi connectivity index (χ1n) is 18.5. The summed E-state index contributed by atoms with van der Waals surface area (Å²) in [4.78, 5) is 69.9. The van der Waals surface area contributed by atoms with E-state index < -0.39 is 59.5 Å². The van der Waals surface area contributed by atoms with E-state index in [1.54, 1.807) is 90.1 Å². The van der Waals surface area contributed by atoms with Crippen LogP contribution in [-0.4, -0.2) is 77.7 Å². The first kappa shape index (κ1) is 46.0. The third-order valence-corrected chi connectivity index (χ3v) is 6.53. The van der Waals surface area contributed by atoms with Crippen LogP contribution in [-0.2, 0) is 41.8 Å². The zero-order valence-electron chi connectivity index (χ0n) is 34.5. The topological polar surface area (TPSA) is 234 Å². The van der Waals surface area contributed by atoms with Gasteiger partial charge in [-0.3, -0.25) is 4.79 Å². The van der Waals surface area contributed by atoms with Crippen LogP contribution in [0.5, 0.6) is 0 Å². The molecule has 0 aromatic heterocycles. The molecule has 310 valence electrons. The van der Waals surface area contributed by atoms with E-state index in [0.29, 0.717) is 32.2 Å². The Balaban J connectivity index is 0. The SMILES string of the molecule is S.[2H]C(CCCCNC(=O)OC(C)(C)C)(NC(=O)OCc1ccccc1)C(=O)O.[2H]C(CCCCNC(=O)OC(C)(C)C)(NC(=O)OCc1ccccc1)C(N)=O.[3HH]. The van der Waals surface area contributed by atoms with E-state index in [0.717, 1.165) is 11.1 Å². The molecule has 0 aliphatic carbocycles. The van der Waals surface area contributed by atoms with Crippen LogP contribution >= 0.6 is 13.5 Å². The average Bonchev–Trinajstić information content (AvgIpc) is 3.09. The summed E-state index contributed by atoms with van der Waals surface area (Å²) in [6.07, 6.45) is -1.56. The molecular formula is C38H61N5O11S. The van der Waals surface area contributed by atoms with Crippen LogP contribution in [0.3, 0.4) is 0 Å². The van der Waals surface area contributed by atoms with Crippen molar-refractivity contribution in [1.82, 2.24) is 21.3 Å². The molecule has 0 aliphatic heterocycles. The summed E-state index contributed by atoms with van der Waals surface area (Å²) in [6, 6.07) is 13.7. The Hall–Kier alpha value is -5.19. The fraction of sp³-hybridized carbons (Fsp3) is 0.526. The zero-order valence-corrected chi connectivity index (χ0v) is 33.5. The third-order valence-electron chi connectivity index (χ3n) is 6.53. The number of unbranched alkanes of at least 4 members (excludes halogenated alkanes) is 2. The van der Waals surface area contributed by atoms with Crippen LogP contribution in [0.2, 0.25) is 0 Å². The van der Waals surface area contributed by atoms with Crippen LogP contribution in [0.4, 0.5) is 19.2 Å². The summed E-state index contributed by atoms with van der Waals surface area (Å²) in [5.41, 5.74) is 5.61. The van der Waals surface area contributed by atoms with E-state index in [1.165, 1.54) is 0 Å². The number of carboxylic acid groups (broad SMARTS) is 1. The predicted octanol–water partition coefficient (Wildman–Crippen LogP) is 5.88. The van der Waals surface area contributed by atoms with Crippen molar-refractivity contribution >= 4 is 49.7 Å². The molecule has 17 heteroatoms. The van der Waals surface area contributed by atoms with E-state index in [9.17, 15) is 33.9 Å². The molecule has 0 saturated carbocycles. The molecule has 55 heavy (non-hydrogen) atoms.